The second-order valence-electron chi connectivity index (χ2n) is 4.72. The van der Waals surface area contributed by atoms with Gasteiger partial charge in [0.25, 0.3) is 17.3 Å². The van der Waals surface area contributed by atoms with Crippen molar-refractivity contribution in [2.45, 2.75) is 0 Å². The third kappa shape index (κ3) is 2.21. The Morgan fingerprint density at radius 1 is 1.17 bits per heavy atom. The van der Waals surface area contributed by atoms with Crippen molar-refractivity contribution < 1.29 is 14.6 Å². The van der Waals surface area contributed by atoms with Gasteiger partial charge in [0.1, 0.15) is 11.2 Å². The Morgan fingerprint density at radius 2 is 1.91 bits per heavy atom. The molecule has 0 saturated heterocycles. The van der Waals surface area contributed by atoms with E-state index in [-0.39, 0.29) is 16.6 Å². The fraction of sp³-hybridized carbons (Fsp3) is 0.0769. The number of non-ortho nitro benzene ring substituents is 2. The van der Waals surface area contributed by atoms with E-state index in [0.29, 0.717) is 10.9 Å². The molecule has 0 radical (unpaired) electrons. The first-order chi connectivity index (χ1) is 10.9. The van der Waals surface area contributed by atoms with E-state index in [1.165, 1.54) is 25.4 Å². The van der Waals surface area contributed by atoms with Crippen molar-refractivity contribution in [3.05, 3.63) is 50.3 Å². The summed E-state index contributed by atoms with van der Waals surface area (Å²) < 4.78 is 0. The van der Waals surface area contributed by atoms with Crippen molar-refractivity contribution in [3.63, 3.8) is 0 Å². The maximum absolute atomic E-state index is 11.7. The van der Waals surface area contributed by atoms with Crippen molar-refractivity contribution in [2.24, 2.45) is 0 Å². The van der Waals surface area contributed by atoms with Crippen molar-refractivity contribution >= 4 is 39.1 Å². The quantitative estimate of drug-likeness (QED) is 0.557. The fourth-order valence-electron chi connectivity index (χ4n) is 2.37. The molecule has 23 heavy (non-hydrogen) atoms. The molecule has 0 fully saturated rings. The second-order valence-corrected chi connectivity index (χ2v) is 4.72. The minimum atomic E-state index is -0.702. The molecule has 0 unspecified atom stereocenters. The summed E-state index contributed by atoms with van der Waals surface area (Å²) in [6.07, 6.45) is 1.36. The van der Waals surface area contributed by atoms with Crippen molar-refractivity contribution in [3.8, 4) is 0 Å². The van der Waals surface area contributed by atoms with Crippen molar-refractivity contribution in [1.29, 1.82) is 0 Å². The molecule has 2 N–H and O–H groups in total. The molecule has 0 spiro atoms. The number of amides is 1. The van der Waals surface area contributed by atoms with Gasteiger partial charge in [-0.1, -0.05) is 0 Å². The molecule has 0 atom stereocenters. The molecule has 2 aromatic heterocycles. The number of pyridine rings is 1. The summed E-state index contributed by atoms with van der Waals surface area (Å²) in [5, 5.41) is 25.3. The van der Waals surface area contributed by atoms with E-state index in [1.807, 2.05) is 0 Å². The molecular formula is C13H9N5O5. The van der Waals surface area contributed by atoms with Gasteiger partial charge in [-0.15, -0.1) is 0 Å². The summed E-state index contributed by atoms with van der Waals surface area (Å²) in [4.78, 5) is 39.2. The van der Waals surface area contributed by atoms with Crippen LogP contribution in [-0.4, -0.2) is 32.8 Å². The maximum Gasteiger partial charge on any atom is 0.300 e. The number of rotatable bonds is 3. The maximum atomic E-state index is 11.7. The third-order valence-corrected chi connectivity index (χ3v) is 3.42. The van der Waals surface area contributed by atoms with Gasteiger partial charge < -0.3 is 10.3 Å². The van der Waals surface area contributed by atoms with Crippen LogP contribution < -0.4 is 5.32 Å². The lowest BCUT2D eigenvalue weighted by molar-refractivity contribution is -0.393. The van der Waals surface area contributed by atoms with E-state index in [9.17, 15) is 25.0 Å². The molecular weight excluding hydrogens is 306 g/mol. The van der Waals surface area contributed by atoms with E-state index in [0.717, 1.165) is 6.07 Å². The Morgan fingerprint density at radius 3 is 2.52 bits per heavy atom. The van der Waals surface area contributed by atoms with Gasteiger partial charge in [0.15, 0.2) is 0 Å². The van der Waals surface area contributed by atoms with E-state index < -0.39 is 27.1 Å². The number of nitrogens with zero attached hydrogens (tertiary/aromatic N) is 3. The first-order valence-electron chi connectivity index (χ1n) is 6.38. The number of carbonyl (C=O) groups excluding carboxylic acids is 1. The summed E-state index contributed by atoms with van der Waals surface area (Å²) in [7, 11) is 1.44. The van der Waals surface area contributed by atoms with Crippen LogP contribution in [0.5, 0.6) is 0 Å². The molecule has 0 bridgehead atoms. The van der Waals surface area contributed by atoms with Crippen molar-refractivity contribution in [2.75, 3.05) is 7.05 Å². The lowest BCUT2D eigenvalue weighted by Gasteiger charge is -1.99. The summed E-state index contributed by atoms with van der Waals surface area (Å²) >= 11 is 0. The highest BCUT2D eigenvalue weighted by Crippen LogP contribution is 2.35. The predicted molar refractivity (Wildman–Crippen MR) is 80.3 cm³/mol. The summed E-state index contributed by atoms with van der Waals surface area (Å²) in [5.74, 6) is -0.429. The number of carbonyl (C=O) groups is 1. The zero-order chi connectivity index (χ0) is 16.7. The molecule has 1 aromatic carbocycles. The van der Waals surface area contributed by atoms with Gasteiger partial charge in [0.05, 0.1) is 27.6 Å². The number of fused-ring (bicyclic) bond motifs is 3. The van der Waals surface area contributed by atoms with Gasteiger partial charge in [-0.3, -0.25) is 25.0 Å². The highest BCUT2D eigenvalue weighted by Gasteiger charge is 2.23. The Kier molecular flexibility index (Phi) is 3.14. The Hall–Kier alpha value is -3.56. The summed E-state index contributed by atoms with van der Waals surface area (Å²) in [6, 6.07) is 3.56. The van der Waals surface area contributed by atoms with Crippen LogP contribution in [0.1, 0.15) is 10.5 Å². The number of aromatic amines is 1. The van der Waals surface area contributed by atoms with Crippen LogP contribution >= 0.6 is 0 Å². The highest BCUT2D eigenvalue weighted by atomic mass is 16.6. The number of benzene rings is 1. The zero-order valence-electron chi connectivity index (χ0n) is 11.7. The van der Waals surface area contributed by atoms with E-state index in [2.05, 4.69) is 15.3 Å². The van der Waals surface area contributed by atoms with Gasteiger partial charge in [-0.25, -0.2) is 4.98 Å². The van der Waals surface area contributed by atoms with E-state index in [4.69, 9.17) is 0 Å². The van der Waals surface area contributed by atoms with Gasteiger partial charge in [-0.05, 0) is 6.07 Å². The summed E-state index contributed by atoms with van der Waals surface area (Å²) in [5.41, 5.74) is -0.118. The van der Waals surface area contributed by atoms with Gasteiger partial charge >= 0.3 is 0 Å². The summed E-state index contributed by atoms with van der Waals surface area (Å²) in [6.45, 7) is 0. The number of nitrogens with one attached hydrogen (secondary N) is 2. The van der Waals surface area contributed by atoms with E-state index in [1.54, 1.807) is 0 Å². The molecule has 0 aliphatic carbocycles. The van der Waals surface area contributed by atoms with Gasteiger partial charge in [-0.2, -0.15) is 0 Å². The molecule has 10 nitrogen and oxygen atoms in total. The van der Waals surface area contributed by atoms with Crippen LogP contribution in [0.25, 0.3) is 21.8 Å². The molecule has 0 aliphatic rings. The molecule has 3 rings (SSSR count). The molecule has 2 heterocycles. The Balaban J connectivity index is 2.41. The predicted octanol–water partition coefficient (Wildman–Crippen LogP) is 1.89. The zero-order valence-corrected chi connectivity index (χ0v) is 11.7. The van der Waals surface area contributed by atoms with Crippen molar-refractivity contribution in [1.82, 2.24) is 15.3 Å². The molecule has 0 saturated carbocycles. The Labute approximate surface area is 127 Å². The lowest BCUT2D eigenvalue weighted by atomic mass is 10.1. The number of nitro benzene ring substituents is 2. The average Bonchev–Trinajstić information content (AvgIpc) is 2.90. The highest BCUT2D eigenvalue weighted by molar-refractivity contribution is 6.12. The standard InChI is InChI=1S/C13H9N5O5/c1-14-13(19)9-4-7-8-2-6(17(20)21)3-11(18(22)23)12(8)16-10(7)5-15-9/h2-5,16H,1H3,(H,14,19). The number of nitro groups is 2. The van der Waals surface area contributed by atoms with Crippen LogP contribution in [0.4, 0.5) is 11.4 Å². The van der Waals surface area contributed by atoms with Crippen LogP contribution in [0.2, 0.25) is 0 Å². The first kappa shape index (κ1) is 14.4. The SMILES string of the molecule is CNC(=O)c1cc2c(cn1)[nH]c1c([N+](=O)[O-])cc([N+](=O)[O-])cc12. The normalized spacial score (nSPS) is 10.8. The van der Waals surface area contributed by atoms with Crippen LogP contribution in [-0.2, 0) is 0 Å². The van der Waals surface area contributed by atoms with Gasteiger partial charge in [0.2, 0.25) is 0 Å². The third-order valence-electron chi connectivity index (χ3n) is 3.42. The van der Waals surface area contributed by atoms with Crippen LogP contribution in [0, 0.1) is 20.2 Å². The fourth-order valence-corrected chi connectivity index (χ4v) is 2.37. The Bertz CT molecular complexity index is 993. The smallest absolute Gasteiger partial charge is 0.300 e. The number of H-pyrrole nitrogens is 1. The molecule has 0 aliphatic heterocycles. The average molecular weight is 315 g/mol. The first-order valence-corrected chi connectivity index (χ1v) is 6.38. The largest absolute Gasteiger partial charge is 0.354 e. The molecule has 10 heteroatoms. The molecule has 1 amide bonds. The lowest BCUT2D eigenvalue weighted by Crippen LogP contribution is -2.18. The minimum Gasteiger partial charge on any atom is -0.354 e. The topological polar surface area (TPSA) is 144 Å². The number of hydrogen-bond donors (Lipinski definition) is 2. The number of aromatic nitrogens is 2. The number of hydrogen-bond acceptors (Lipinski definition) is 6. The minimum absolute atomic E-state index is 0.107. The monoisotopic (exact) mass is 315 g/mol. The molecule has 116 valence electrons. The van der Waals surface area contributed by atoms with Gasteiger partial charge in [0, 0.05) is 23.9 Å². The van der Waals surface area contributed by atoms with Crippen LogP contribution in [0.3, 0.4) is 0 Å². The van der Waals surface area contributed by atoms with E-state index >= 15 is 0 Å². The van der Waals surface area contributed by atoms with Crippen LogP contribution in [0.15, 0.2) is 24.4 Å². The molecule has 3 aromatic rings. The second kappa shape index (κ2) is 5.02.